The minimum atomic E-state index is 0. The summed E-state index contributed by atoms with van der Waals surface area (Å²) in [4.78, 5) is 4.30. The first kappa shape index (κ1) is 21.0. The van der Waals surface area contributed by atoms with E-state index in [0.29, 0.717) is 13.1 Å². The summed E-state index contributed by atoms with van der Waals surface area (Å²) in [5, 5.41) is 9.02. The van der Waals surface area contributed by atoms with Gasteiger partial charge in [-0.05, 0) is 52.2 Å². The van der Waals surface area contributed by atoms with Crippen molar-refractivity contribution in [1.29, 1.82) is 0 Å². The monoisotopic (exact) mass is 505 g/mol. The van der Waals surface area contributed by atoms with Crippen molar-refractivity contribution in [3.63, 3.8) is 0 Å². The molecule has 0 radical (unpaired) electrons. The van der Waals surface area contributed by atoms with Crippen molar-refractivity contribution in [2.24, 2.45) is 4.99 Å². The Kier molecular flexibility index (Phi) is 7.03. The Morgan fingerprint density at radius 2 is 1.55 bits per heavy atom. The van der Waals surface area contributed by atoms with E-state index in [9.17, 15) is 0 Å². The molecule has 0 bridgehead atoms. The summed E-state index contributed by atoms with van der Waals surface area (Å²) in [7, 11) is 3.45. The van der Waals surface area contributed by atoms with Crippen LogP contribution < -0.4 is 24.8 Å². The Hall–Kier alpha value is -2.68. The van der Waals surface area contributed by atoms with Crippen molar-refractivity contribution in [3.05, 3.63) is 65.7 Å². The second-order valence-corrected chi connectivity index (χ2v) is 6.51. The maximum atomic E-state index is 5.42. The normalized spacial score (nSPS) is 12.4. The minimum absolute atomic E-state index is 0. The van der Waals surface area contributed by atoms with Crippen molar-refractivity contribution >= 4 is 40.7 Å². The first-order chi connectivity index (χ1) is 13.7. The first-order valence-corrected chi connectivity index (χ1v) is 9.15. The third kappa shape index (κ3) is 5.03. The lowest BCUT2D eigenvalue weighted by Gasteiger charge is -2.13. The number of nitrogens with zero attached hydrogens (tertiary/aromatic N) is 1. The van der Waals surface area contributed by atoms with Crippen LogP contribution in [0.2, 0.25) is 0 Å². The Morgan fingerprint density at radius 3 is 2.31 bits per heavy atom. The highest BCUT2D eigenvalue weighted by atomic mass is 127. The highest BCUT2D eigenvalue weighted by Gasteiger charge is 2.13. The number of guanidine groups is 1. The van der Waals surface area contributed by atoms with Gasteiger partial charge in [0.05, 0.1) is 7.11 Å². The van der Waals surface area contributed by atoms with E-state index in [2.05, 4.69) is 39.9 Å². The van der Waals surface area contributed by atoms with Crippen molar-refractivity contribution in [2.45, 2.75) is 13.1 Å². The molecule has 2 N–H and O–H groups in total. The zero-order valence-corrected chi connectivity index (χ0v) is 18.7. The van der Waals surface area contributed by atoms with Gasteiger partial charge in [-0.25, -0.2) is 0 Å². The maximum Gasteiger partial charge on any atom is 0.231 e. The molecule has 1 aliphatic heterocycles. The molecule has 6 nitrogen and oxygen atoms in total. The van der Waals surface area contributed by atoms with Gasteiger partial charge in [-0.1, -0.05) is 24.3 Å². The smallest absolute Gasteiger partial charge is 0.231 e. The number of methoxy groups -OCH3 is 1. The minimum Gasteiger partial charge on any atom is -0.497 e. The number of aliphatic imine (C=N–C) groups is 1. The molecule has 0 aliphatic carbocycles. The van der Waals surface area contributed by atoms with E-state index < -0.39 is 0 Å². The van der Waals surface area contributed by atoms with Gasteiger partial charge in [0.2, 0.25) is 6.79 Å². The molecular formula is C22H24IN3O3. The summed E-state index contributed by atoms with van der Waals surface area (Å²) in [6.07, 6.45) is 0. The molecule has 0 saturated heterocycles. The Balaban J connectivity index is 0.00000240. The molecule has 1 heterocycles. The predicted octanol–water partition coefficient (Wildman–Crippen LogP) is 4.06. The number of benzene rings is 3. The fourth-order valence-corrected chi connectivity index (χ4v) is 3.15. The molecule has 3 aromatic carbocycles. The second kappa shape index (κ2) is 9.69. The molecule has 152 valence electrons. The van der Waals surface area contributed by atoms with E-state index in [1.807, 2.05) is 30.3 Å². The van der Waals surface area contributed by atoms with E-state index in [0.717, 1.165) is 34.2 Å². The topological polar surface area (TPSA) is 64.1 Å². The number of halogens is 1. The van der Waals surface area contributed by atoms with Crippen LogP contribution in [0.25, 0.3) is 10.8 Å². The molecule has 4 rings (SSSR count). The third-order valence-corrected chi connectivity index (χ3v) is 4.69. The summed E-state index contributed by atoms with van der Waals surface area (Å²) in [6, 6.07) is 18.4. The van der Waals surface area contributed by atoms with Crippen molar-refractivity contribution in [2.75, 3.05) is 21.0 Å². The van der Waals surface area contributed by atoms with E-state index in [1.165, 1.54) is 10.9 Å². The predicted molar refractivity (Wildman–Crippen MR) is 126 cm³/mol. The molecule has 0 unspecified atom stereocenters. The molecule has 0 fully saturated rings. The second-order valence-electron chi connectivity index (χ2n) is 6.51. The Morgan fingerprint density at radius 1 is 0.897 bits per heavy atom. The molecule has 3 aromatic rings. The zero-order valence-electron chi connectivity index (χ0n) is 16.4. The average molecular weight is 505 g/mol. The van der Waals surface area contributed by atoms with Gasteiger partial charge < -0.3 is 24.8 Å². The van der Waals surface area contributed by atoms with Crippen molar-refractivity contribution in [1.82, 2.24) is 10.6 Å². The summed E-state index contributed by atoms with van der Waals surface area (Å²) < 4.78 is 16.1. The van der Waals surface area contributed by atoms with Crippen LogP contribution in [-0.2, 0) is 13.1 Å². The Bertz CT molecular complexity index is 1020. The summed E-state index contributed by atoms with van der Waals surface area (Å²) in [5.41, 5.74) is 2.29. The SMILES string of the molecule is CN=C(NCc1ccc2c(c1)OCO2)NCc1ccc2cc(OC)ccc2c1.I. The van der Waals surface area contributed by atoms with E-state index in [1.54, 1.807) is 14.2 Å². The summed E-state index contributed by atoms with van der Waals surface area (Å²) in [5.74, 6) is 3.19. The lowest BCUT2D eigenvalue weighted by Crippen LogP contribution is -2.36. The molecular weight excluding hydrogens is 481 g/mol. The first-order valence-electron chi connectivity index (χ1n) is 9.15. The molecule has 7 heteroatoms. The van der Waals surface area contributed by atoms with E-state index in [-0.39, 0.29) is 30.8 Å². The number of nitrogens with one attached hydrogen (secondary N) is 2. The zero-order chi connectivity index (χ0) is 19.3. The molecule has 0 amide bonds. The molecule has 0 saturated carbocycles. The number of hydrogen-bond donors (Lipinski definition) is 2. The van der Waals surface area contributed by atoms with Gasteiger partial charge >= 0.3 is 0 Å². The van der Waals surface area contributed by atoms with Crippen LogP contribution >= 0.6 is 24.0 Å². The number of hydrogen-bond acceptors (Lipinski definition) is 4. The highest BCUT2D eigenvalue weighted by Crippen LogP contribution is 2.32. The summed E-state index contributed by atoms with van der Waals surface area (Å²) >= 11 is 0. The van der Waals surface area contributed by atoms with Crippen LogP contribution in [0.1, 0.15) is 11.1 Å². The largest absolute Gasteiger partial charge is 0.497 e. The molecule has 29 heavy (non-hydrogen) atoms. The number of rotatable bonds is 5. The average Bonchev–Trinajstić information content (AvgIpc) is 3.21. The van der Waals surface area contributed by atoms with Crippen LogP contribution in [0.15, 0.2) is 59.6 Å². The number of fused-ring (bicyclic) bond motifs is 2. The van der Waals surface area contributed by atoms with Crippen LogP contribution in [0.4, 0.5) is 0 Å². The quantitative estimate of drug-likeness (QED) is 0.311. The highest BCUT2D eigenvalue weighted by molar-refractivity contribution is 14.0. The standard InChI is InChI=1S/C22H23N3O3.HI/c1-23-22(25-13-16-4-8-20-21(10-16)28-14-27-20)24-12-15-3-5-18-11-19(26-2)7-6-17(18)9-15;/h3-11H,12-14H2,1-2H3,(H2,23,24,25);1H. The van der Waals surface area contributed by atoms with Crippen molar-refractivity contribution < 1.29 is 14.2 Å². The lowest BCUT2D eigenvalue weighted by molar-refractivity contribution is 0.174. The molecule has 0 atom stereocenters. The number of ether oxygens (including phenoxy) is 3. The van der Waals surface area contributed by atoms with Gasteiger partial charge in [0, 0.05) is 20.1 Å². The summed E-state index contributed by atoms with van der Waals surface area (Å²) in [6.45, 7) is 1.62. The van der Waals surface area contributed by atoms with Gasteiger partial charge in [0.15, 0.2) is 17.5 Å². The van der Waals surface area contributed by atoms with Crippen molar-refractivity contribution in [3.8, 4) is 17.2 Å². The molecule has 0 aromatic heterocycles. The van der Waals surface area contributed by atoms with Crippen LogP contribution in [0.3, 0.4) is 0 Å². The van der Waals surface area contributed by atoms with Gasteiger partial charge in [-0.15, -0.1) is 24.0 Å². The van der Waals surface area contributed by atoms with Gasteiger partial charge in [0.1, 0.15) is 5.75 Å². The Labute approximate surface area is 187 Å². The molecule has 1 aliphatic rings. The fraction of sp³-hybridized carbons (Fsp3) is 0.227. The van der Waals surface area contributed by atoms with Gasteiger partial charge in [-0.2, -0.15) is 0 Å². The lowest BCUT2D eigenvalue weighted by atomic mass is 10.1. The fourth-order valence-electron chi connectivity index (χ4n) is 3.15. The van der Waals surface area contributed by atoms with E-state index >= 15 is 0 Å². The van der Waals surface area contributed by atoms with Gasteiger partial charge in [0.25, 0.3) is 0 Å². The van der Waals surface area contributed by atoms with Crippen LogP contribution in [0, 0.1) is 0 Å². The van der Waals surface area contributed by atoms with E-state index in [4.69, 9.17) is 14.2 Å². The molecule has 0 spiro atoms. The maximum absolute atomic E-state index is 5.42. The van der Waals surface area contributed by atoms with Crippen LogP contribution in [-0.4, -0.2) is 26.9 Å². The third-order valence-electron chi connectivity index (χ3n) is 4.69. The van der Waals surface area contributed by atoms with Gasteiger partial charge in [-0.3, -0.25) is 4.99 Å². The van der Waals surface area contributed by atoms with Crippen LogP contribution in [0.5, 0.6) is 17.2 Å².